The second-order valence-corrected chi connectivity index (χ2v) is 7.25. The van der Waals surface area contributed by atoms with Crippen molar-refractivity contribution in [3.05, 3.63) is 58.6 Å². The molecule has 9 heteroatoms. The van der Waals surface area contributed by atoms with Gasteiger partial charge in [0.05, 0.1) is 11.5 Å². The fraction of sp³-hybridized carbons (Fsp3) is 0.222. The molecule has 0 spiro atoms. The van der Waals surface area contributed by atoms with Crippen LogP contribution >= 0.6 is 27.7 Å². The number of thioether (sulfide) groups is 1. The minimum Gasteiger partial charge on any atom is -0.435 e. The number of amides is 2. The highest BCUT2D eigenvalue weighted by Crippen LogP contribution is 2.16. The molecule has 0 aliphatic carbocycles. The lowest BCUT2D eigenvalue weighted by molar-refractivity contribution is -0.118. The first kappa shape index (κ1) is 21.2. The van der Waals surface area contributed by atoms with Crippen LogP contribution < -0.4 is 15.4 Å². The third kappa shape index (κ3) is 8.40. The van der Waals surface area contributed by atoms with Gasteiger partial charge >= 0.3 is 6.61 Å². The van der Waals surface area contributed by atoms with E-state index in [1.165, 1.54) is 23.9 Å². The zero-order valence-corrected chi connectivity index (χ0v) is 16.5. The number of benzene rings is 2. The molecule has 0 heterocycles. The Morgan fingerprint density at radius 2 is 1.78 bits per heavy atom. The van der Waals surface area contributed by atoms with Crippen LogP contribution in [0.2, 0.25) is 0 Å². The number of hydrogen-bond acceptors (Lipinski definition) is 4. The van der Waals surface area contributed by atoms with Gasteiger partial charge in [-0.1, -0.05) is 34.1 Å². The lowest BCUT2D eigenvalue weighted by Gasteiger charge is -2.08. The van der Waals surface area contributed by atoms with E-state index < -0.39 is 6.61 Å². The van der Waals surface area contributed by atoms with E-state index in [4.69, 9.17) is 0 Å². The third-order valence-electron chi connectivity index (χ3n) is 3.21. The van der Waals surface area contributed by atoms with Crippen LogP contribution in [0.4, 0.5) is 14.5 Å². The third-order valence-corrected chi connectivity index (χ3v) is 4.64. The summed E-state index contributed by atoms with van der Waals surface area (Å²) in [5, 5.41) is 5.45. The average Bonchev–Trinajstić information content (AvgIpc) is 2.60. The summed E-state index contributed by atoms with van der Waals surface area (Å²) < 4.78 is 29.3. The molecular weight excluding hydrogens is 442 g/mol. The lowest BCUT2D eigenvalue weighted by Crippen LogP contribution is -2.25. The largest absolute Gasteiger partial charge is 0.435 e. The van der Waals surface area contributed by atoms with Crippen molar-refractivity contribution in [2.24, 2.45) is 0 Å². The first-order valence-corrected chi connectivity index (χ1v) is 9.81. The molecule has 0 saturated heterocycles. The van der Waals surface area contributed by atoms with E-state index in [0.717, 1.165) is 10.0 Å². The van der Waals surface area contributed by atoms with Gasteiger partial charge in [0.15, 0.2) is 0 Å². The summed E-state index contributed by atoms with van der Waals surface area (Å²) in [7, 11) is 0. The molecule has 2 amide bonds. The highest BCUT2D eigenvalue weighted by Gasteiger charge is 2.07. The molecule has 27 heavy (non-hydrogen) atoms. The van der Waals surface area contributed by atoms with E-state index in [-0.39, 0.29) is 35.6 Å². The summed E-state index contributed by atoms with van der Waals surface area (Å²) in [6, 6.07) is 13.2. The summed E-state index contributed by atoms with van der Waals surface area (Å²) in [6.45, 7) is -2.60. The molecule has 0 atom stereocenters. The van der Waals surface area contributed by atoms with E-state index >= 15 is 0 Å². The monoisotopic (exact) mass is 458 g/mol. The number of carbonyl (C=O) groups is 2. The van der Waals surface area contributed by atoms with Crippen molar-refractivity contribution in [1.29, 1.82) is 0 Å². The topological polar surface area (TPSA) is 67.4 Å². The number of carbonyl (C=O) groups excluding carboxylic acids is 2. The van der Waals surface area contributed by atoms with E-state index in [9.17, 15) is 18.4 Å². The standard InChI is InChI=1S/C18H17BrF2N2O3S/c19-13-2-1-3-14(8-13)23-17(25)11-27-10-16(24)22-9-12-4-6-15(7-5-12)26-18(20)21/h1-8,18H,9-11H2,(H,22,24)(H,23,25). The summed E-state index contributed by atoms with van der Waals surface area (Å²) in [5.41, 5.74) is 1.43. The summed E-state index contributed by atoms with van der Waals surface area (Å²) in [5.74, 6) is -0.0614. The number of hydrogen-bond donors (Lipinski definition) is 2. The second kappa shape index (κ2) is 10.9. The van der Waals surface area contributed by atoms with Crippen molar-refractivity contribution in [3.63, 3.8) is 0 Å². The summed E-state index contributed by atoms with van der Waals surface area (Å²) in [4.78, 5) is 23.7. The zero-order valence-electron chi connectivity index (χ0n) is 14.1. The van der Waals surface area contributed by atoms with Crippen molar-refractivity contribution in [2.45, 2.75) is 13.2 Å². The van der Waals surface area contributed by atoms with Crippen molar-refractivity contribution < 1.29 is 23.1 Å². The van der Waals surface area contributed by atoms with Crippen LogP contribution in [0, 0.1) is 0 Å². The summed E-state index contributed by atoms with van der Waals surface area (Å²) in [6.07, 6.45) is 0. The van der Waals surface area contributed by atoms with Crippen LogP contribution in [0.1, 0.15) is 5.56 Å². The molecule has 0 bridgehead atoms. The molecule has 5 nitrogen and oxygen atoms in total. The molecule has 0 fully saturated rings. The number of halogens is 3. The average molecular weight is 459 g/mol. The fourth-order valence-corrected chi connectivity index (χ4v) is 3.09. The molecule has 0 radical (unpaired) electrons. The minimum atomic E-state index is -2.87. The number of rotatable bonds is 9. The smallest absolute Gasteiger partial charge is 0.387 e. The molecule has 0 aliphatic rings. The first-order chi connectivity index (χ1) is 12.9. The van der Waals surface area contributed by atoms with Crippen LogP contribution in [-0.4, -0.2) is 29.9 Å². The summed E-state index contributed by atoms with van der Waals surface area (Å²) >= 11 is 4.52. The maximum absolute atomic E-state index is 12.1. The molecular formula is C18H17BrF2N2O3S. The van der Waals surface area contributed by atoms with Crippen LogP contribution in [0.3, 0.4) is 0 Å². The maximum Gasteiger partial charge on any atom is 0.387 e. The minimum absolute atomic E-state index is 0.0621. The van der Waals surface area contributed by atoms with Crippen molar-refractivity contribution in [2.75, 3.05) is 16.8 Å². The normalized spacial score (nSPS) is 10.5. The molecule has 0 unspecified atom stereocenters. The highest BCUT2D eigenvalue weighted by molar-refractivity contribution is 9.10. The van der Waals surface area contributed by atoms with Crippen LogP contribution in [0.5, 0.6) is 5.75 Å². The van der Waals surface area contributed by atoms with Gasteiger partial charge in [-0.15, -0.1) is 11.8 Å². The molecule has 0 aliphatic heterocycles. The number of alkyl halides is 2. The fourth-order valence-electron chi connectivity index (χ4n) is 2.04. The van der Waals surface area contributed by atoms with Gasteiger partial charge in [0.2, 0.25) is 11.8 Å². The molecule has 0 aromatic heterocycles. The van der Waals surface area contributed by atoms with Gasteiger partial charge in [-0.3, -0.25) is 9.59 Å². The van der Waals surface area contributed by atoms with Crippen molar-refractivity contribution in [1.82, 2.24) is 5.32 Å². The van der Waals surface area contributed by atoms with Crippen LogP contribution in [0.15, 0.2) is 53.0 Å². The zero-order chi connectivity index (χ0) is 19.6. The van der Waals surface area contributed by atoms with Gasteiger partial charge in [-0.25, -0.2) is 0 Å². The van der Waals surface area contributed by atoms with Gasteiger partial charge in [-0.2, -0.15) is 8.78 Å². The van der Waals surface area contributed by atoms with Gasteiger partial charge in [0.25, 0.3) is 0 Å². The lowest BCUT2D eigenvalue weighted by atomic mass is 10.2. The molecule has 144 valence electrons. The molecule has 2 N–H and O–H groups in total. The maximum atomic E-state index is 12.1. The Bertz CT molecular complexity index is 775. The van der Waals surface area contributed by atoms with E-state index in [1.54, 1.807) is 24.3 Å². The Morgan fingerprint density at radius 1 is 1.07 bits per heavy atom. The van der Waals surface area contributed by atoms with Gasteiger partial charge in [0, 0.05) is 16.7 Å². The molecule has 2 aromatic carbocycles. The molecule has 2 aromatic rings. The van der Waals surface area contributed by atoms with E-state index in [0.29, 0.717) is 5.69 Å². The Balaban J connectivity index is 1.65. The number of ether oxygens (including phenoxy) is 1. The number of nitrogens with one attached hydrogen (secondary N) is 2. The first-order valence-electron chi connectivity index (χ1n) is 7.86. The van der Waals surface area contributed by atoms with Crippen molar-refractivity contribution >= 4 is 45.2 Å². The van der Waals surface area contributed by atoms with E-state index in [2.05, 4.69) is 31.3 Å². The SMILES string of the molecule is O=C(CSCC(=O)Nc1cccc(Br)c1)NCc1ccc(OC(F)F)cc1. The molecule has 2 rings (SSSR count). The Labute approximate surface area is 168 Å². The van der Waals surface area contributed by atoms with Crippen LogP contribution in [-0.2, 0) is 16.1 Å². The van der Waals surface area contributed by atoms with E-state index in [1.807, 2.05) is 12.1 Å². The Kier molecular flexibility index (Phi) is 8.53. The highest BCUT2D eigenvalue weighted by atomic mass is 79.9. The predicted octanol–water partition coefficient (Wildman–Crippen LogP) is 4.04. The second-order valence-electron chi connectivity index (χ2n) is 5.35. The van der Waals surface area contributed by atoms with Gasteiger partial charge in [-0.05, 0) is 35.9 Å². The van der Waals surface area contributed by atoms with Gasteiger partial charge < -0.3 is 15.4 Å². The predicted molar refractivity (Wildman–Crippen MR) is 105 cm³/mol. The van der Waals surface area contributed by atoms with Crippen molar-refractivity contribution in [3.8, 4) is 5.75 Å². The molecule has 0 saturated carbocycles. The van der Waals surface area contributed by atoms with Crippen LogP contribution in [0.25, 0.3) is 0 Å². The quantitative estimate of drug-likeness (QED) is 0.594. The Hall–Kier alpha value is -2.13. The number of anilines is 1. The Morgan fingerprint density at radius 3 is 2.44 bits per heavy atom. The van der Waals surface area contributed by atoms with Gasteiger partial charge in [0.1, 0.15) is 5.75 Å².